The number of hydrogen-bond acceptors (Lipinski definition) is 7. The van der Waals surface area contributed by atoms with Crippen molar-refractivity contribution in [2.45, 2.75) is 90.1 Å². The number of likely N-dealkylation sites (tertiary alicyclic amines) is 1. The van der Waals surface area contributed by atoms with E-state index in [0.29, 0.717) is 12.4 Å². The van der Waals surface area contributed by atoms with Crippen molar-refractivity contribution in [3.05, 3.63) is 41.6 Å². The second-order valence-electron chi connectivity index (χ2n) is 11.3. The number of amides is 2. The Labute approximate surface area is 226 Å². The molecule has 9 nitrogen and oxygen atoms in total. The van der Waals surface area contributed by atoms with Crippen molar-refractivity contribution in [2.24, 2.45) is 0 Å². The molecule has 208 valence electrons. The van der Waals surface area contributed by atoms with Gasteiger partial charge in [0.2, 0.25) is 0 Å². The molecule has 1 aromatic rings. The third-order valence-electron chi connectivity index (χ3n) is 6.89. The molecule has 0 saturated carbocycles. The molecule has 3 heterocycles. The van der Waals surface area contributed by atoms with Gasteiger partial charge in [-0.1, -0.05) is 11.6 Å². The van der Waals surface area contributed by atoms with E-state index in [9.17, 15) is 9.59 Å². The highest BCUT2D eigenvalue weighted by molar-refractivity contribution is 5.91. The average Bonchev–Trinajstić information content (AvgIpc) is 3.35. The predicted octanol–water partition coefficient (Wildman–Crippen LogP) is 4.99. The number of ether oxygens (including phenoxy) is 2. The van der Waals surface area contributed by atoms with E-state index in [4.69, 9.17) is 14.3 Å². The predicted molar refractivity (Wildman–Crippen MR) is 146 cm³/mol. The van der Waals surface area contributed by atoms with E-state index in [-0.39, 0.29) is 11.9 Å². The lowest BCUT2D eigenvalue weighted by Crippen LogP contribution is -2.45. The number of allylic oxidation sites excluding steroid dienone is 1. The van der Waals surface area contributed by atoms with Crippen LogP contribution in [-0.4, -0.2) is 66.1 Å². The highest BCUT2D eigenvalue weighted by atomic mass is 16.8. The first-order valence-corrected chi connectivity index (χ1v) is 13.9. The fourth-order valence-electron chi connectivity index (χ4n) is 5.02. The fraction of sp³-hybridized carbons (Fsp3) is 0.621. The van der Waals surface area contributed by atoms with Crippen LogP contribution in [0.5, 0.6) is 0 Å². The standard InChI is InChI=1S/C29H42N4O5/c1-29(2,3)37-28(35)33(24-16-17-32(21-24)20-23-9-5-4-6-10-23)25-14-12-22(19-30-25)13-15-26(34)31-38-27-11-7-8-18-36-27/h9,12-15,19,24,27H,4-8,10-11,16-18,20-21H2,1-3H3,(H,31,34)/t24-,27?/m1/s1. The van der Waals surface area contributed by atoms with E-state index in [1.165, 1.54) is 37.3 Å². The molecule has 1 aromatic heterocycles. The Balaban J connectivity index is 1.38. The van der Waals surface area contributed by atoms with Crippen LogP contribution in [0.15, 0.2) is 36.1 Å². The third kappa shape index (κ3) is 8.64. The topological polar surface area (TPSA) is 93.2 Å². The van der Waals surface area contributed by atoms with Gasteiger partial charge in [0, 0.05) is 44.9 Å². The molecule has 1 unspecified atom stereocenters. The van der Waals surface area contributed by atoms with Gasteiger partial charge < -0.3 is 9.47 Å². The fourth-order valence-corrected chi connectivity index (χ4v) is 5.02. The summed E-state index contributed by atoms with van der Waals surface area (Å²) in [5.74, 6) is 0.167. The molecular formula is C29H42N4O5. The second-order valence-corrected chi connectivity index (χ2v) is 11.3. The van der Waals surface area contributed by atoms with Gasteiger partial charge in [0.1, 0.15) is 11.4 Å². The van der Waals surface area contributed by atoms with Gasteiger partial charge >= 0.3 is 6.09 Å². The number of carbonyl (C=O) groups is 2. The van der Waals surface area contributed by atoms with Crippen molar-refractivity contribution in [1.82, 2.24) is 15.4 Å². The van der Waals surface area contributed by atoms with Crippen LogP contribution in [0.4, 0.5) is 10.6 Å². The summed E-state index contributed by atoms with van der Waals surface area (Å²) in [6.45, 7) is 8.94. The Hall–Kier alpha value is -2.75. The van der Waals surface area contributed by atoms with Gasteiger partial charge in [0.15, 0.2) is 6.29 Å². The van der Waals surface area contributed by atoms with Crippen LogP contribution < -0.4 is 10.4 Å². The van der Waals surface area contributed by atoms with Crippen LogP contribution in [0, 0.1) is 0 Å². The van der Waals surface area contributed by atoms with Gasteiger partial charge in [0.25, 0.3) is 5.91 Å². The number of anilines is 1. The van der Waals surface area contributed by atoms with Crippen LogP contribution in [0.1, 0.15) is 77.7 Å². The molecule has 4 rings (SSSR count). The van der Waals surface area contributed by atoms with Gasteiger partial charge in [-0.15, -0.1) is 0 Å². The molecule has 38 heavy (non-hydrogen) atoms. The summed E-state index contributed by atoms with van der Waals surface area (Å²) < 4.78 is 11.2. The number of carbonyl (C=O) groups excluding carboxylic acids is 2. The highest BCUT2D eigenvalue weighted by Crippen LogP contribution is 2.27. The number of rotatable bonds is 8. The Kier molecular flexibility index (Phi) is 9.93. The normalized spacial score (nSPS) is 22.8. The minimum atomic E-state index is -0.610. The van der Waals surface area contributed by atoms with Crippen molar-refractivity contribution in [3.63, 3.8) is 0 Å². The number of nitrogens with zero attached hydrogens (tertiary/aromatic N) is 3. The van der Waals surface area contributed by atoms with Crippen molar-refractivity contribution in [3.8, 4) is 0 Å². The zero-order valence-corrected chi connectivity index (χ0v) is 23.0. The van der Waals surface area contributed by atoms with Gasteiger partial charge in [-0.25, -0.2) is 20.1 Å². The third-order valence-corrected chi connectivity index (χ3v) is 6.89. The molecule has 0 spiro atoms. The molecule has 1 N–H and O–H groups in total. The Morgan fingerprint density at radius 3 is 2.76 bits per heavy atom. The van der Waals surface area contributed by atoms with Crippen molar-refractivity contribution >= 4 is 23.9 Å². The summed E-state index contributed by atoms with van der Waals surface area (Å²) in [4.78, 5) is 39.4. The van der Waals surface area contributed by atoms with Gasteiger partial charge in [-0.2, -0.15) is 0 Å². The lowest BCUT2D eigenvalue weighted by atomic mass is 9.99. The Morgan fingerprint density at radius 1 is 1.21 bits per heavy atom. The van der Waals surface area contributed by atoms with E-state index in [1.54, 1.807) is 23.2 Å². The van der Waals surface area contributed by atoms with Crippen LogP contribution in [0.25, 0.3) is 6.08 Å². The van der Waals surface area contributed by atoms with Crippen LogP contribution >= 0.6 is 0 Å². The largest absolute Gasteiger partial charge is 0.443 e. The SMILES string of the molecule is CC(C)(C)OC(=O)N(c1ccc(C=CC(=O)NOC2CCCCO2)cn1)[C@@H]1CCN(CC2=CCCCC2)C1. The van der Waals surface area contributed by atoms with Crippen LogP contribution in [0.3, 0.4) is 0 Å². The second kappa shape index (κ2) is 13.4. The lowest BCUT2D eigenvalue weighted by Gasteiger charge is -2.31. The van der Waals surface area contributed by atoms with Crippen molar-refractivity contribution in [2.75, 3.05) is 31.1 Å². The van der Waals surface area contributed by atoms with Crippen molar-refractivity contribution in [1.29, 1.82) is 0 Å². The van der Waals surface area contributed by atoms with E-state index < -0.39 is 18.0 Å². The maximum Gasteiger partial charge on any atom is 0.416 e. The van der Waals surface area contributed by atoms with E-state index in [1.807, 2.05) is 26.8 Å². The van der Waals surface area contributed by atoms with Crippen LogP contribution in [0.2, 0.25) is 0 Å². The van der Waals surface area contributed by atoms with Crippen LogP contribution in [-0.2, 0) is 19.1 Å². The number of hydroxylamine groups is 1. The molecule has 2 saturated heterocycles. The van der Waals surface area contributed by atoms with E-state index in [0.717, 1.165) is 50.9 Å². The summed E-state index contributed by atoms with van der Waals surface area (Å²) in [5.41, 5.74) is 4.05. The summed E-state index contributed by atoms with van der Waals surface area (Å²) in [7, 11) is 0. The van der Waals surface area contributed by atoms with Crippen molar-refractivity contribution < 1.29 is 23.9 Å². The number of pyridine rings is 1. The lowest BCUT2D eigenvalue weighted by molar-refractivity contribution is -0.198. The summed E-state index contributed by atoms with van der Waals surface area (Å²) in [6, 6.07) is 3.63. The minimum absolute atomic E-state index is 0.0205. The molecule has 0 radical (unpaired) electrons. The first kappa shape index (κ1) is 28.3. The molecule has 0 aromatic carbocycles. The molecule has 2 fully saturated rings. The quantitative estimate of drug-likeness (QED) is 0.290. The molecule has 9 heteroatoms. The van der Waals surface area contributed by atoms with E-state index >= 15 is 0 Å². The Bertz CT molecular complexity index is 995. The summed E-state index contributed by atoms with van der Waals surface area (Å²) >= 11 is 0. The van der Waals surface area contributed by atoms with Gasteiger partial charge in [-0.3, -0.25) is 14.6 Å². The average molecular weight is 527 g/mol. The zero-order chi connectivity index (χ0) is 27.0. The molecular weight excluding hydrogens is 484 g/mol. The number of nitrogens with one attached hydrogen (secondary N) is 1. The maximum absolute atomic E-state index is 13.3. The molecule has 2 atom stereocenters. The molecule has 3 aliphatic rings. The van der Waals surface area contributed by atoms with E-state index in [2.05, 4.69) is 21.4 Å². The highest BCUT2D eigenvalue weighted by Gasteiger charge is 2.35. The van der Waals surface area contributed by atoms with Gasteiger partial charge in [0.05, 0.1) is 6.04 Å². The smallest absolute Gasteiger partial charge is 0.416 e. The molecule has 1 aliphatic carbocycles. The molecule has 2 amide bonds. The monoisotopic (exact) mass is 526 g/mol. The maximum atomic E-state index is 13.3. The van der Waals surface area contributed by atoms with Gasteiger partial charge in [-0.05, 0) is 89.5 Å². The minimum Gasteiger partial charge on any atom is -0.443 e. The Morgan fingerprint density at radius 2 is 2.08 bits per heavy atom. The molecule has 2 aliphatic heterocycles. The first-order valence-electron chi connectivity index (χ1n) is 13.9. The number of hydrogen-bond donors (Lipinski definition) is 1. The summed E-state index contributed by atoms with van der Waals surface area (Å²) in [5, 5.41) is 0. The molecule has 0 bridgehead atoms. The number of aromatic nitrogens is 1. The first-order chi connectivity index (χ1) is 18.3. The summed E-state index contributed by atoms with van der Waals surface area (Å²) in [6.07, 6.45) is 14.8. The zero-order valence-electron chi connectivity index (χ0n) is 23.0.